The van der Waals surface area contributed by atoms with Crippen molar-refractivity contribution in [1.29, 1.82) is 0 Å². The van der Waals surface area contributed by atoms with E-state index in [2.05, 4.69) is 47.3 Å². The van der Waals surface area contributed by atoms with Gasteiger partial charge in [0.05, 0.1) is 19.0 Å². The van der Waals surface area contributed by atoms with Crippen LogP contribution in [0, 0.1) is 0 Å². The van der Waals surface area contributed by atoms with Gasteiger partial charge in [-0.05, 0) is 50.0 Å². The van der Waals surface area contributed by atoms with Gasteiger partial charge in [0.15, 0.2) is 0 Å². The lowest BCUT2D eigenvalue weighted by atomic mass is 9.83. The van der Waals surface area contributed by atoms with Crippen molar-refractivity contribution < 1.29 is 13.2 Å². The SMILES string of the molecule is CC[C@@H]1C[C@H](NS(C)(=O)=O)[C@H](CO[C@H]2CC[C@@H](c3ccccc3)CC2)N1. The summed E-state index contributed by atoms with van der Waals surface area (Å²) >= 11 is 0. The Hall–Kier alpha value is -0.950. The largest absolute Gasteiger partial charge is 0.377 e. The molecule has 1 saturated heterocycles. The Morgan fingerprint density at radius 2 is 1.85 bits per heavy atom. The summed E-state index contributed by atoms with van der Waals surface area (Å²) in [4.78, 5) is 0. The Morgan fingerprint density at radius 3 is 2.46 bits per heavy atom. The summed E-state index contributed by atoms with van der Waals surface area (Å²) in [5.74, 6) is 0.643. The number of benzene rings is 1. The van der Waals surface area contributed by atoms with E-state index in [1.807, 2.05) is 0 Å². The van der Waals surface area contributed by atoms with Crippen LogP contribution in [0.2, 0.25) is 0 Å². The van der Waals surface area contributed by atoms with Crippen LogP contribution in [0.4, 0.5) is 0 Å². The van der Waals surface area contributed by atoms with Crippen molar-refractivity contribution in [3.05, 3.63) is 35.9 Å². The fourth-order valence-corrected chi connectivity index (χ4v) is 5.15. The lowest BCUT2D eigenvalue weighted by molar-refractivity contribution is 0.0121. The third-order valence-electron chi connectivity index (χ3n) is 5.79. The first-order chi connectivity index (χ1) is 12.4. The molecule has 1 aromatic rings. The van der Waals surface area contributed by atoms with E-state index >= 15 is 0 Å². The maximum atomic E-state index is 11.6. The van der Waals surface area contributed by atoms with Crippen LogP contribution in [-0.2, 0) is 14.8 Å². The molecule has 26 heavy (non-hydrogen) atoms. The van der Waals surface area contributed by atoms with E-state index in [0.29, 0.717) is 18.6 Å². The molecule has 2 aliphatic rings. The van der Waals surface area contributed by atoms with E-state index in [-0.39, 0.29) is 18.2 Å². The zero-order valence-corrected chi connectivity index (χ0v) is 16.7. The summed E-state index contributed by atoms with van der Waals surface area (Å²) in [6.45, 7) is 2.70. The fraction of sp³-hybridized carbons (Fsp3) is 0.700. The molecule has 0 amide bonds. The molecule has 3 rings (SSSR count). The Kier molecular flexibility index (Phi) is 6.72. The monoisotopic (exact) mass is 380 g/mol. The van der Waals surface area contributed by atoms with Crippen LogP contribution in [0.15, 0.2) is 30.3 Å². The smallest absolute Gasteiger partial charge is 0.209 e. The van der Waals surface area contributed by atoms with Crippen LogP contribution in [0.3, 0.4) is 0 Å². The van der Waals surface area contributed by atoms with E-state index in [4.69, 9.17) is 4.74 Å². The molecule has 1 aromatic carbocycles. The predicted molar refractivity (Wildman–Crippen MR) is 105 cm³/mol. The van der Waals surface area contributed by atoms with Crippen LogP contribution < -0.4 is 10.0 Å². The maximum absolute atomic E-state index is 11.6. The third kappa shape index (κ3) is 5.52. The molecule has 1 aliphatic carbocycles. The van der Waals surface area contributed by atoms with Crippen molar-refractivity contribution in [1.82, 2.24) is 10.0 Å². The molecule has 5 nitrogen and oxygen atoms in total. The van der Waals surface area contributed by atoms with Gasteiger partial charge in [0.1, 0.15) is 0 Å². The molecule has 0 spiro atoms. The van der Waals surface area contributed by atoms with Crippen molar-refractivity contribution in [2.75, 3.05) is 12.9 Å². The van der Waals surface area contributed by atoms with Gasteiger partial charge in [0.2, 0.25) is 10.0 Å². The van der Waals surface area contributed by atoms with Gasteiger partial charge in [0.25, 0.3) is 0 Å². The molecule has 0 aromatic heterocycles. The van der Waals surface area contributed by atoms with Crippen LogP contribution in [-0.4, -0.2) is 45.5 Å². The first-order valence-corrected chi connectivity index (χ1v) is 11.7. The van der Waals surface area contributed by atoms with Gasteiger partial charge in [-0.3, -0.25) is 0 Å². The van der Waals surface area contributed by atoms with Gasteiger partial charge < -0.3 is 10.1 Å². The lowest BCUT2D eigenvalue weighted by Gasteiger charge is -2.30. The first-order valence-electron chi connectivity index (χ1n) is 9.84. The molecule has 0 radical (unpaired) electrons. The standard InChI is InChI=1S/C20H32N2O3S/c1-3-17-13-19(22-26(2,23)24)20(21-17)14-25-18-11-9-16(10-12-18)15-7-5-4-6-8-15/h4-8,16-22H,3,9-14H2,1-2H3/t16-,17-,18+,19+,20+/m1/s1. The van der Waals surface area contributed by atoms with Crippen molar-refractivity contribution in [2.24, 2.45) is 0 Å². The Labute approximate surface area is 158 Å². The average Bonchev–Trinajstić information content (AvgIpc) is 3.01. The van der Waals surface area contributed by atoms with E-state index in [1.165, 1.54) is 11.8 Å². The molecule has 146 valence electrons. The minimum absolute atomic E-state index is 0.0570. The van der Waals surface area contributed by atoms with Crippen molar-refractivity contribution >= 4 is 10.0 Å². The number of nitrogens with one attached hydrogen (secondary N) is 2. The predicted octanol–water partition coefficient (Wildman–Crippen LogP) is 2.79. The van der Waals surface area contributed by atoms with Gasteiger partial charge in [-0.15, -0.1) is 0 Å². The molecule has 6 heteroatoms. The minimum atomic E-state index is -3.20. The highest BCUT2D eigenvalue weighted by Gasteiger charge is 2.35. The summed E-state index contributed by atoms with van der Waals surface area (Å²) in [5.41, 5.74) is 1.44. The molecule has 0 unspecified atom stereocenters. The molecule has 3 atom stereocenters. The van der Waals surface area contributed by atoms with E-state index in [1.54, 1.807) is 0 Å². The zero-order valence-electron chi connectivity index (χ0n) is 15.9. The molecular formula is C20H32N2O3S. The summed E-state index contributed by atoms with van der Waals surface area (Å²) in [6, 6.07) is 11.1. The lowest BCUT2D eigenvalue weighted by Crippen LogP contribution is -2.46. The molecule has 1 heterocycles. The number of sulfonamides is 1. The van der Waals surface area contributed by atoms with E-state index < -0.39 is 10.0 Å². The first kappa shape index (κ1) is 19.8. The molecule has 2 fully saturated rings. The van der Waals surface area contributed by atoms with Gasteiger partial charge in [-0.1, -0.05) is 37.3 Å². The van der Waals surface area contributed by atoms with Gasteiger partial charge in [-0.2, -0.15) is 0 Å². The second-order valence-electron chi connectivity index (χ2n) is 7.83. The molecule has 1 saturated carbocycles. The normalized spacial score (nSPS) is 32.6. The van der Waals surface area contributed by atoms with E-state index in [9.17, 15) is 8.42 Å². The zero-order chi connectivity index (χ0) is 18.6. The summed E-state index contributed by atoms with van der Waals surface area (Å²) < 4.78 is 32.2. The van der Waals surface area contributed by atoms with Gasteiger partial charge >= 0.3 is 0 Å². The number of rotatable bonds is 7. The Bertz CT molecular complexity index is 657. The van der Waals surface area contributed by atoms with Gasteiger partial charge in [0, 0.05) is 18.1 Å². The van der Waals surface area contributed by atoms with Crippen molar-refractivity contribution in [3.63, 3.8) is 0 Å². The molecule has 0 bridgehead atoms. The Balaban J connectivity index is 1.47. The maximum Gasteiger partial charge on any atom is 0.209 e. The number of hydrogen-bond acceptors (Lipinski definition) is 4. The van der Waals surface area contributed by atoms with Crippen molar-refractivity contribution in [3.8, 4) is 0 Å². The number of hydrogen-bond donors (Lipinski definition) is 2. The summed E-state index contributed by atoms with van der Waals surface area (Å²) in [7, 11) is -3.20. The molecular weight excluding hydrogens is 348 g/mol. The third-order valence-corrected chi connectivity index (χ3v) is 6.52. The fourth-order valence-electron chi connectivity index (χ4n) is 4.34. The van der Waals surface area contributed by atoms with Crippen LogP contribution >= 0.6 is 0 Å². The second kappa shape index (κ2) is 8.83. The topological polar surface area (TPSA) is 67.4 Å². The summed E-state index contributed by atoms with van der Waals surface area (Å²) in [6.07, 6.45) is 7.83. The van der Waals surface area contributed by atoms with Crippen molar-refractivity contribution in [2.45, 2.75) is 75.6 Å². The quantitative estimate of drug-likeness (QED) is 0.763. The molecule has 2 N–H and O–H groups in total. The molecule has 1 aliphatic heterocycles. The van der Waals surface area contributed by atoms with E-state index in [0.717, 1.165) is 38.5 Å². The highest BCUT2D eigenvalue weighted by Crippen LogP contribution is 2.34. The average molecular weight is 381 g/mol. The second-order valence-corrected chi connectivity index (χ2v) is 9.61. The van der Waals surface area contributed by atoms with Gasteiger partial charge in [-0.25, -0.2) is 13.1 Å². The minimum Gasteiger partial charge on any atom is -0.377 e. The summed E-state index contributed by atoms with van der Waals surface area (Å²) in [5, 5.41) is 3.54. The number of ether oxygens (including phenoxy) is 1. The highest BCUT2D eigenvalue weighted by molar-refractivity contribution is 7.88. The van der Waals surface area contributed by atoms with Crippen LogP contribution in [0.5, 0.6) is 0 Å². The highest BCUT2D eigenvalue weighted by atomic mass is 32.2. The van der Waals surface area contributed by atoms with Crippen LogP contribution in [0.25, 0.3) is 0 Å². The van der Waals surface area contributed by atoms with Crippen LogP contribution in [0.1, 0.15) is 56.9 Å². The Morgan fingerprint density at radius 1 is 1.15 bits per heavy atom.